The molecule has 3 N–H and O–H groups in total. The Morgan fingerprint density at radius 3 is 2.41 bits per heavy atom. The third-order valence-corrected chi connectivity index (χ3v) is 4.75. The second kappa shape index (κ2) is 7.85. The molecule has 0 saturated carbocycles. The number of nitrogens with zero attached hydrogens (tertiary/aromatic N) is 3. The summed E-state index contributed by atoms with van der Waals surface area (Å²) in [5.74, 6) is -1.42. The predicted octanol–water partition coefficient (Wildman–Crippen LogP) is 4.18. The molecule has 0 spiro atoms. The topological polar surface area (TPSA) is 90.3 Å². The quantitative estimate of drug-likeness (QED) is 0.451. The third-order valence-electron chi connectivity index (χ3n) is 3.67. The first-order valence-electron chi connectivity index (χ1n) is 8.15. The molecule has 27 heavy (non-hydrogen) atoms. The second-order valence-electron chi connectivity index (χ2n) is 6.06. The van der Waals surface area contributed by atoms with E-state index in [1.165, 1.54) is 29.7 Å². The van der Waals surface area contributed by atoms with Gasteiger partial charge >= 0.3 is 0 Å². The average molecular weight is 404 g/mol. The summed E-state index contributed by atoms with van der Waals surface area (Å²) in [5, 5.41) is 36.1. The van der Waals surface area contributed by atoms with Crippen LogP contribution in [-0.4, -0.2) is 32.3 Å². The van der Waals surface area contributed by atoms with Gasteiger partial charge in [-0.25, -0.2) is 4.68 Å². The van der Waals surface area contributed by atoms with Crippen molar-refractivity contribution in [1.82, 2.24) is 4.68 Å². The normalized spacial score (nSPS) is 12.4. The molecule has 8 heteroatoms. The summed E-state index contributed by atoms with van der Waals surface area (Å²) < 4.78 is 1.66. The fraction of sp³-hybridized carbons (Fsp3) is 0.158. The summed E-state index contributed by atoms with van der Waals surface area (Å²) in [6, 6.07) is 10.2. The molecule has 0 bridgehead atoms. The standard InChI is InChI=1S/C19H18ClN3O3S/c1-11(2)22-19-23(15(10-27-19)12-3-6-14(20)7-4-12)21-9-13-5-8-16(24)18(26)17(13)25/h3-11,24-26H,1-2H3. The molecule has 3 aromatic rings. The molecule has 2 aromatic carbocycles. The molecule has 0 aliphatic carbocycles. The minimum Gasteiger partial charge on any atom is -0.504 e. The number of hydrogen-bond acceptors (Lipinski definition) is 6. The SMILES string of the molecule is CC(C)N=c1scc(-c2ccc(Cl)cc2)n1N=Cc1ccc(O)c(O)c1O. The second-order valence-corrected chi connectivity index (χ2v) is 7.33. The van der Waals surface area contributed by atoms with Crippen LogP contribution < -0.4 is 4.80 Å². The van der Waals surface area contributed by atoms with Crippen molar-refractivity contribution in [2.75, 3.05) is 0 Å². The van der Waals surface area contributed by atoms with Gasteiger partial charge in [-0.2, -0.15) is 5.10 Å². The zero-order valence-electron chi connectivity index (χ0n) is 14.7. The molecule has 1 heterocycles. The lowest BCUT2D eigenvalue weighted by Crippen LogP contribution is -2.14. The number of phenols is 3. The van der Waals surface area contributed by atoms with Crippen molar-refractivity contribution < 1.29 is 15.3 Å². The lowest BCUT2D eigenvalue weighted by molar-refractivity contribution is 0.367. The van der Waals surface area contributed by atoms with E-state index in [0.29, 0.717) is 9.82 Å². The predicted molar refractivity (Wildman–Crippen MR) is 108 cm³/mol. The van der Waals surface area contributed by atoms with Crippen LogP contribution in [0.5, 0.6) is 17.2 Å². The van der Waals surface area contributed by atoms with E-state index in [0.717, 1.165) is 11.3 Å². The number of aromatic hydroxyl groups is 3. The van der Waals surface area contributed by atoms with Crippen LogP contribution in [0.2, 0.25) is 5.02 Å². The Morgan fingerprint density at radius 2 is 1.74 bits per heavy atom. The van der Waals surface area contributed by atoms with Crippen molar-refractivity contribution in [3.8, 4) is 28.5 Å². The van der Waals surface area contributed by atoms with Gasteiger partial charge in [0.15, 0.2) is 11.5 Å². The molecule has 140 valence electrons. The maximum absolute atomic E-state index is 9.99. The van der Waals surface area contributed by atoms with Gasteiger partial charge in [0.1, 0.15) is 0 Å². The Kier molecular flexibility index (Phi) is 5.53. The van der Waals surface area contributed by atoms with Gasteiger partial charge in [-0.1, -0.05) is 23.7 Å². The minimum atomic E-state index is -0.584. The van der Waals surface area contributed by atoms with Crippen molar-refractivity contribution in [3.63, 3.8) is 0 Å². The lowest BCUT2D eigenvalue weighted by Gasteiger charge is -2.06. The molecule has 0 unspecified atom stereocenters. The Hall–Kier alpha value is -2.77. The summed E-state index contributed by atoms with van der Waals surface area (Å²) in [6.45, 7) is 3.94. The van der Waals surface area contributed by atoms with E-state index in [1.54, 1.807) is 16.8 Å². The van der Waals surface area contributed by atoms with Crippen molar-refractivity contribution in [3.05, 3.63) is 57.2 Å². The van der Waals surface area contributed by atoms with Gasteiger partial charge in [0.25, 0.3) is 0 Å². The monoisotopic (exact) mass is 403 g/mol. The van der Waals surface area contributed by atoms with E-state index in [9.17, 15) is 15.3 Å². The zero-order chi connectivity index (χ0) is 19.6. The fourth-order valence-electron chi connectivity index (χ4n) is 2.35. The zero-order valence-corrected chi connectivity index (χ0v) is 16.2. The fourth-order valence-corrected chi connectivity index (χ4v) is 3.44. The molecular weight excluding hydrogens is 386 g/mol. The molecule has 3 rings (SSSR count). The van der Waals surface area contributed by atoms with Crippen molar-refractivity contribution >= 4 is 29.2 Å². The first-order chi connectivity index (χ1) is 12.9. The largest absolute Gasteiger partial charge is 0.504 e. The average Bonchev–Trinajstić information content (AvgIpc) is 3.01. The van der Waals surface area contributed by atoms with Crippen LogP contribution in [0.4, 0.5) is 0 Å². The molecule has 0 radical (unpaired) electrons. The van der Waals surface area contributed by atoms with Crippen LogP contribution >= 0.6 is 22.9 Å². The summed E-state index contributed by atoms with van der Waals surface area (Å²) in [6.07, 6.45) is 1.40. The summed E-state index contributed by atoms with van der Waals surface area (Å²) in [5.41, 5.74) is 1.99. The molecule has 0 aliphatic heterocycles. The Balaban J connectivity index is 2.12. The van der Waals surface area contributed by atoms with Crippen molar-refractivity contribution in [2.45, 2.75) is 19.9 Å². The number of aromatic nitrogens is 1. The molecule has 0 saturated heterocycles. The number of rotatable bonds is 4. The number of halogens is 1. The Morgan fingerprint density at radius 1 is 1.04 bits per heavy atom. The van der Waals surface area contributed by atoms with Crippen LogP contribution in [0.25, 0.3) is 11.3 Å². The highest BCUT2D eigenvalue weighted by Gasteiger charge is 2.11. The summed E-state index contributed by atoms with van der Waals surface area (Å²) in [4.78, 5) is 5.27. The van der Waals surface area contributed by atoms with Crippen LogP contribution in [0, 0.1) is 0 Å². The number of thiazole rings is 1. The highest BCUT2D eigenvalue weighted by atomic mass is 35.5. The van der Waals surface area contributed by atoms with E-state index in [2.05, 4.69) is 10.1 Å². The van der Waals surface area contributed by atoms with Gasteiger partial charge in [-0.15, -0.1) is 11.3 Å². The maximum Gasteiger partial charge on any atom is 0.206 e. The number of benzene rings is 2. The smallest absolute Gasteiger partial charge is 0.206 e. The van der Waals surface area contributed by atoms with Crippen molar-refractivity contribution in [1.29, 1.82) is 0 Å². The number of phenolic OH excluding ortho intramolecular Hbond substituents is 3. The molecule has 0 amide bonds. The Bertz CT molecular complexity index is 1050. The summed E-state index contributed by atoms with van der Waals surface area (Å²) >= 11 is 7.42. The van der Waals surface area contributed by atoms with Crippen LogP contribution in [0.1, 0.15) is 19.4 Å². The van der Waals surface area contributed by atoms with Gasteiger partial charge in [-0.05, 0) is 38.1 Å². The van der Waals surface area contributed by atoms with E-state index < -0.39 is 17.2 Å². The van der Waals surface area contributed by atoms with Crippen LogP contribution in [0.15, 0.2) is 51.9 Å². The van der Waals surface area contributed by atoms with Gasteiger partial charge in [0.2, 0.25) is 10.6 Å². The highest BCUT2D eigenvalue weighted by molar-refractivity contribution is 7.07. The van der Waals surface area contributed by atoms with Gasteiger partial charge in [0, 0.05) is 27.6 Å². The van der Waals surface area contributed by atoms with E-state index in [-0.39, 0.29) is 11.6 Å². The summed E-state index contributed by atoms with van der Waals surface area (Å²) in [7, 11) is 0. The molecule has 6 nitrogen and oxygen atoms in total. The van der Waals surface area contributed by atoms with Gasteiger partial charge < -0.3 is 15.3 Å². The Labute approximate surface area is 165 Å². The van der Waals surface area contributed by atoms with Gasteiger partial charge in [-0.3, -0.25) is 4.99 Å². The highest BCUT2D eigenvalue weighted by Crippen LogP contribution is 2.36. The molecule has 0 atom stereocenters. The molecule has 0 aliphatic rings. The minimum absolute atomic E-state index is 0.0780. The van der Waals surface area contributed by atoms with Crippen LogP contribution in [0.3, 0.4) is 0 Å². The van der Waals surface area contributed by atoms with Crippen LogP contribution in [-0.2, 0) is 0 Å². The molecule has 0 fully saturated rings. The van der Waals surface area contributed by atoms with E-state index >= 15 is 0 Å². The first kappa shape index (κ1) is 19.0. The molecular formula is C19H18ClN3O3S. The third kappa shape index (κ3) is 4.15. The maximum atomic E-state index is 9.99. The lowest BCUT2D eigenvalue weighted by atomic mass is 10.2. The molecule has 1 aromatic heterocycles. The number of hydrogen-bond donors (Lipinski definition) is 3. The van der Waals surface area contributed by atoms with E-state index in [4.69, 9.17) is 11.6 Å². The van der Waals surface area contributed by atoms with Gasteiger partial charge in [0.05, 0.1) is 11.9 Å². The van der Waals surface area contributed by atoms with Crippen molar-refractivity contribution in [2.24, 2.45) is 10.1 Å². The van der Waals surface area contributed by atoms with E-state index in [1.807, 2.05) is 31.4 Å². The first-order valence-corrected chi connectivity index (χ1v) is 9.41.